The number of likely N-dealkylation sites (N-methyl/N-ethyl adjacent to an activating group) is 1. The molecule has 5 nitrogen and oxygen atoms in total. The Kier molecular flexibility index (Phi) is 6.03. The fourth-order valence-corrected chi connectivity index (χ4v) is 2.10. The lowest BCUT2D eigenvalue weighted by atomic mass is 10.1. The van der Waals surface area contributed by atoms with Crippen molar-refractivity contribution in [2.24, 2.45) is 0 Å². The van der Waals surface area contributed by atoms with Crippen molar-refractivity contribution in [2.75, 3.05) is 18.0 Å². The number of benzene rings is 1. The molecule has 1 aromatic carbocycles. The van der Waals surface area contributed by atoms with E-state index in [1.165, 1.54) is 0 Å². The van der Waals surface area contributed by atoms with Gasteiger partial charge in [-0.1, -0.05) is 18.2 Å². The van der Waals surface area contributed by atoms with E-state index in [0.717, 1.165) is 11.3 Å². The second-order valence-corrected chi connectivity index (χ2v) is 4.60. The van der Waals surface area contributed by atoms with Crippen LogP contribution in [-0.4, -0.2) is 31.1 Å². The maximum atomic E-state index is 12.1. The molecule has 0 aromatic heterocycles. The minimum Gasteiger partial charge on any atom is -0.360 e. The Labute approximate surface area is 120 Å². The van der Waals surface area contributed by atoms with Gasteiger partial charge in [-0.05, 0) is 39.3 Å². The fraction of sp³-hybridized carbons (Fsp3) is 0.467. The standard InChI is InChI=1S/C15H23N3O2/c1-5-16-15(20)17-14(19)12(4)18(6-2)13-10-8-7-9-11(13)3/h7-10,12H,5-6H2,1-4H3,(H2,16,17,19,20). The van der Waals surface area contributed by atoms with Crippen molar-refractivity contribution in [2.45, 2.75) is 33.7 Å². The number of nitrogens with one attached hydrogen (secondary N) is 2. The van der Waals surface area contributed by atoms with E-state index < -0.39 is 12.1 Å². The van der Waals surface area contributed by atoms with Crippen LogP contribution in [0.25, 0.3) is 0 Å². The summed E-state index contributed by atoms with van der Waals surface area (Å²) in [6.45, 7) is 8.77. The van der Waals surface area contributed by atoms with Crippen LogP contribution >= 0.6 is 0 Å². The van der Waals surface area contributed by atoms with Gasteiger partial charge in [-0.25, -0.2) is 4.79 Å². The average molecular weight is 277 g/mol. The summed E-state index contributed by atoms with van der Waals surface area (Å²) in [6.07, 6.45) is 0. The third kappa shape index (κ3) is 3.98. The molecule has 0 saturated carbocycles. The van der Waals surface area contributed by atoms with Crippen LogP contribution in [0.4, 0.5) is 10.5 Å². The topological polar surface area (TPSA) is 61.4 Å². The molecule has 2 N–H and O–H groups in total. The van der Waals surface area contributed by atoms with Gasteiger partial charge in [-0.15, -0.1) is 0 Å². The second kappa shape index (κ2) is 7.53. The monoisotopic (exact) mass is 277 g/mol. The number of para-hydroxylation sites is 1. The van der Waals surface area contributed by atoms with E-state index in [1.807, 2.05) is 43.0 Å². The predicted molar refractivity (Wildman–Crippen MR) is 80.9 cm³/mol. The first kappa shape index (κ1) is 16.0. The molecular formula is C15H23N3O2. The number of carbonyl (C=O) groups is 2. The van der Waals surface area contributed by atoms with E-state index in [-0.39, 0.29) is 5.91 Å². The number of imide groups is 1. The average Bonchev–Trinajstić information content (AvgIpc) is 2.41. The Morgan fingerprint density at radius 1 is 1.25 bits per heavy atom. The third-order valence-electron chi connectivity index (χ3n) is 3.19. The van der Waals surface area contributed by atoms with Crippen molar-refractivity contribution < 1.29 is 9.59 Å². The SMILES string of the molecule is CCNC(=O)NC(=O)C(C)N(CC)c1ccccc1C. The molecule has 0 aliphatic heterocycles. The van der Waals surface area contributed by atoms with E-state index in [0.29, 0.717) is 13.1 Å². The van der Waals surface area contributed by atoms with Gasteiger partial charge in [0.05, 0.1) is 0 Å². The molecule has 1 atom stereocenters. The van der Waals surface area contributed by atoms with Crippen LogP contribution in [0.15, 0.2) is 24.3 Å². The smallest absolute Gasteiger partial charge is 0.321 e. The molecule has 1 aromatic rings. The third-order valence-corrected chi connectivity index (χ3v) is 3.19. The Bertz CT molecular complexity index is 474. The number of hydrogen-bond acceptors (Lipinski definition) is 3. The summed E-state index contributed by atoms with van der Waals surface area (Å²) in [5.41, 5.74) is 2.11. The summed E-state index contributed by atoms with van der Waals surface area (Å²) >= 11 is 0. The van der Waals surface area contributed by atoms with Gasteiger partial charge in [-0.3, -0.25) is 10.1 Å². The molecule has 1 unspecified atom stereocenters. The lowest BCUT2D eigenvalue weighted by Crippen LogP contribution is -2.50. The molecular weight excluding hydrogens is 254 g/mol. The summed E-state index contributed by atoms with van der Waals surface area (Å²) < 4.78 is 0. The summed E-state index contributed by atoms with van der Waals surface area (Å²) in [5.74, 6) is -0.305. The largest absolute Gasteiger partial charge is 0.360 e. The minimum absolute atomic E-state index is 0.305. The van der Waals surface area contributed by atoms with E-state index in [9.17, 15) is 9.59 Å². The number of nitrogens with zero attached hydrogens (tertiary/aromatic N) is 1. The Morgan fingerprint density at radius 2 is 1.90 bits per heavy atom. The van der Waals surface area contributed by atoms with Crippen LogP contribution in [0.1, 0.15) is 26.3 Å². The highest BCUT2D eigenvalue weighted by Crippen LogP contribution is 2.21. The highest BCUT2D eigenvalue weighted by molar-refractivity contribution is 5.98. The van der Waals surface area contributed by atoms with Gasteiger partial charge in [0.15, 0.2) is 0 Å². The zero-order valence-electron chi connectivity index (χ0n) is 12.6. The van der Waals surface area contributed by atoms with E-state index in [2.05, 4.69) is 10.6 Å². The summed E-state index contributed by atoms with van der Waals surface area (Å²) in [5, 5.41) is 4.90. The Balaban J connectivity index is 2.82. The molecule has 0 aliphatic carbocycles. The van der Waals surface area contributed by atoms with Crippen molar-refractivity contribution in [1.82, 2.24) is 10.6 Å². The molecule has 3 amide bonds. The van der Waals surface area contributed by atoms with Gasteiger partial charge in [0, 0.05) is 18.8 Å². The Hall–Kier alpha value is -2.04. The van der Waals surface area contributed by atoms with Gasteiger partial charge < -0.3 is 10.2 Å². The Morgan fingerprint density at radius 3 is 2.45 bits per heavy atom. The quantitative estimate of drug-likeness (QED) is 0.866. The van der Waals surface area contributed by atoms with E-state index in [1.54, 1.807) is 13.8 Å². The van der Waals surface area contributed by atoms with Gasteiger partial charge in [0.2, 0.25) is 5.91 Å². The molecule has 0 radical (unpaired) electrons. The molecule has 1 rings (SSSR count). The number of carbonyl (C=O) groups excluding carboxylic acids is 2. The fourth-order valence-electron chi connectivity index (χ4n) is 2.10. The first-order valence-corrected chi connectivity index (χ1v) is 6.92. The van der Waals surface area contributed by atoms with E-state index >= 15 is 0 Å². The maximum Gasteiger partial charge on any atom is 0.321 e. The van der Waals surface area contributed by atoms with Crippen molar-refractivity contribution in [1.29, 1.82) is 0 Å². The van der Waals surface area contributed by atoms with Crippen LogP contribution in [-0.2, 0) is 4.79 Å². The molecule has 0 aliphatic rings. The van der Waals surface area contributed by atoms with Crippen LogP contribution in [0.3, 0.4) is 0 Å². The van der Waals surface area contributed by atoms with E-state index in [4.69, 9.17) is 0 Å². The molecule has 20 heavy (non-hydrogen) atoms. The first-order valence-electron chi connectivity index (χ1n) is 6.92. The zero-order chi connectivity index (χ0) is 15.1. The predicted octanol–water partition coefficient (Wildman–Crippen LogP) is 2.06. The van der Waals surface area contributed by atoms with Crippen molar-refractivity contribution in [3.8, 4) is 0 Å². The van der Waals surface area contributed by atoms with Gasteiger partial charge in [0.1, 0.15) is 6.04 Å². The summed E-state index contributed by atoms with van der Waals surface area (Å²) in [7, 11) is 0. The molecule has 0 fully saturated rings. The maximum absolute atomic E-state index is 12.1. The van der Waals surface area contributed by atoms with Gasteiger partial charge >= 0.3 is 6.03 Å². The van der Waals surface area contributed by atoms with Crippen molar-refractivity contribution in [3.05, 3.63) is 29.8 Å². The van der Waals surface area contributed by atoms with Crippen molar-refractivity contribution in [3.63, 3.8) is 0 Å². The van der Waals surface area contributed by atoms with Crippen LogP contribution in [0.5, 0.6) is 0 Å². The van der Waals surface area contributed by atoms with Crippen molar-refractivity contribution >= 4 is 17.6 Å². The number of anilines is 1. The minimum atomic E-state index is -0.454. The number of hydrogen-bond donors (Lipinski definition) is 2. The summed E-state index contributed by atoms with van der Waals surface area (Å²) in [4.78, 5) is 25.5. The van der Waals surface area contributed by atoms with Crippen LogP contribution < -0.4 is 15.5 Å². The normalized spacial score (nSPS) is 11.6. The highest BCUT2D eigenvalue weighted by atomic mass is 16.2. The van der Waals surface area contributed by atoms with Crippen LogP contribution in [0.2, 0.25) is 0 Å². The number of rotatable bonds is 5. The first-order chi connectivity index (χ1) is 9.51. The molecule has 0 spiro atoms. The lowest BCUT2D eigenvalue weighted by molar-refractivity contribution is -0.121. The second-order valence-electron chi connectivity index (χ2n) is 4.60. The molecule has 0 bridgehead atoms. The highest BCUT2D eigenvalue weighted by Gasteiger charge is 2.22. The van der Waals surface area contributed by atoms with Gasteiger partial charge in [0.25, 0.3) is 0 Å². The zero-order valence-corrected chi connectivity index (χ0v) is 12.6. The number of aryl methyl sites for hydroxylation is 1. The molecule has 0 saturated heterocycles. The van der Waals surface area contributed by atoms with Gasteiger partial charge in [-0.2, -0.15) is 0 Å². The molecule has 0 heterocycles. The molecule has 5 heteroatoms. The molecule has 110 valence electrons. The van der Waals surface area contributed by atoms with Crippen LogP contribution in [0, 0.1) is 6.92 Å². The lowest BCUT2D eigenvalue weighted by Gasteiger charge is -2.30. The number of urea groups is 1. The summed E-state index contributed by atoms with van der Waals surface area (Å²) in [6, 6.07) is 7.03. The number of amides is 3.